The molecular formula is C9H19NO5S. The van der Waals surface area contributed by atoms with Crippen LogP contribution in [0.25, 0.3) is 0 Å². The summed E-state index contributed by atoms with van der Waals surface area (Å²) in [5, 5.41) is 15.9. The van der Waals surface area contributed by atoms with Crippen LogP contribution in [0.5, 0.6) is 0 Å². The zero-order valence-corrected chi connectivity index (χ0v) is 10.6. The van der Waals surface area contributed by atoms with Gasteiger partial charge in [0.15, 0.2) is 5.25 Å². The zero-order chi connectivity index (χ0) is 12.9. The standard InChI is InChI=1S/C9H19NO5S/c1-7(2)10(5-4-6-11)16(14,15)8(3)9(12)13/h7-8,11H,4-6H2,1-3H3,(H,12,13). The average molecular weight is 253 g/mol. The van der Waals surface area contributed by atoms with E-state index >= 15 is 0 Å². The Morgan fingerprint density at radius 1 is 1.31 bits per heavy atom. The number of hydrogen-bond donors (Lipinski definition) is 2. The van der Waals surface area contributed by atoms with Crippen LogP contribution in [-0.4, -0.2) is 53.3 Å². The molecule has 0 aromatic carbocycles. The van der Waals surface area contributed by atoms with Crippen molar-refractivity contribution in [2.75, 3.05) is 13.2 Å². The summed E-state index contributed by atoms with van der Waals surface area (Å²) in [7, 11) is -3.85. The molecule has 2 N–H and O–H groups in total. The van der Waals surface area contributed by atoms with Crippen LogP contribution in [0.4, 0.5) is 0 Å². The van der Waals surface area contributed by atoms with Gasteiger partial charge in [-0.15, -0.1) is 0 Å². The Balaban J connectivity index is 4.97. The van der Waals surface area contributed by atoms with Gasteiger partial charge in [0.2, 0.25) is 10.0 Å². The molecule has 96 valence electrons. The minimum Gasteiger partial charge on any atom is -0.480 e. The van der Waals surface area contributed by atoms with Gasteiger partial charge in [-0.1, -0.05) is 0 Å². The number of nitrogens with zero attached hydrogens (tertiary/aromatic N) is 1. The molecule has 0 radical (unpaired) electrons. The molecule has 1 atom stereocenters. The molecule has 0 amide bonds. The molecule has 1 unspecified atom stereocenters. The van der Waals surface area contributed by atoms with Gasteiger partial charge in [0.1, 0.15) is 0 Å². The smallest absolute Gasteiger partial charge is 0.323 e. The Morgan fingerprint density at radius 2 is 1.81 bits per heavy atom. The molecule has 0 aromatic rings. The maximum atomic E-state index is 11.9. The van der Waals surface area contributed by atoms with E-state index in [1.165, 1.54) is 0 Å². The molecule has 0 heterocycles. The van der Waals surface area contributed by atoms with Gasteiger partial charge < -0.3 is 10.2 Å². The molecule has 0 saturated heterocycles. The normalized spacial score (nSPS) is 14.4. The fraction of sp³-hybridized carbons (Fsp3) is 0.889. The Labute approximate surface area is 95.9 Å². The first kappa shape index (κ1) is 15.3. The van der Waals surface area contributed by atoms with Crippen molar-refractivity contribution in [3.63, 3.8) is 0 Å². The quantitative estimate of drug-likeness (QED) is 0.659. The second-order valence-electron chi connectivity index (χ2n) is 3.81. The number of carboxylic acids is 1. The fourth-order valence-corrected chi connectivity index (χ4v) is 2.87. The highest BCUT2D eigenvalue weighted by molar-refractivity contribution is 7.90. The van der Waals surface area contributed by atoms with Crippen molar-refractivity contribution in [1.29, 1.82) is 0 Å². The summed E-state index contributed by atoms with van der Waals surface area (Å²) in [5.41, 5.74) is 0. The topological polar surface area (TPSA) is 94.9 Å². The van der Waals surface area contributed by atoms with E-state index in [4.69, 9.17) is 10.2 Å². The second-order valence-corrected chi connectivity index (χ2v) is 6.01. The molecule has 0 aliphatic heterocycles. The molecule has 6 nitrogen and oxygen atoms in total. The summed E-state index contributed by atoms with van der Waals surface area (Å²) in [4.78, 5) is 10.7. The fourth-order valence-electron chi connectivity index (χ4n) is 1.24. The van der Waals surface area contributed by atoms with Crippen LogP contribution in [0.15, 0.2) is 0 Å². The van der Waals surface area contributed by atoms with Gasteiger partial charge >= 0.3 is 5.97 Å². The van der Waals surface area contributed by atoms with Crippen LogP contribution in [-0.2, 0) is 14.8 Å². The van der Waals surface area contributed by atoms with Crippen molar-refractivity contribution >= 4 is 16.0 Å². The van der Waals surface area contributed by atoms with E-state index in [9.17, 15) is 13.2 Å². The molecule has 0 aliphatic rings. The van der Waals surface area contributed by atoms with E-state index in [2.05, 4.69) is 0 Å². The van der Waals surface area contributed by atoms with Gasteiger partial charge in [0.05, 0.1) is 0 Å². The van der Waals surface area contributed by atoms with Crippen LogP contribution in [0.2, 0.25) is 0 Å². The minimum absolute atomic E-state index is 0.125. The molecule has 0 spiro atoms. The van der Waals surface area contributed by atoms with Gasteiger partial charge in [-0.2, -0.15) is 4.31 Å². The van der Waals surface area contributed by atoms with Gasteiger partial charge in [-0.05, 0) is 27.2 Å². The number of rotatable bonds is 7. The largest absolute Gasteiger partial charge is 0.480 e. The highest BCUT2D eigenvalue weighted by Crippen LogP contribution is 2.13. The van der Waals surface area contributed by atoms with Crippen molar-refractivity contribution < 1.29 is 23.4 Å². The minimum atomic E-state index is -3.85. The van der Waals surface area contributed by atoms with Crippen LogP contribution in [0.3, 0.4) is 0 Å². The maximum absolute atomic E-state index is 11.9. The van der Waals surface area contributed by atoms with E-state index in [-0.39, 0.29) is 19.2 Å². The summed E-state index contributed by atoms with van der Waals surface area (Å²) in [6.45, 7) is 4.49. The number of carbonyl (C=O) groups is 1. The van der Waals surface area contributed by atoms with Gasteiger partial charge in [0.25, 0.3) is 0 Å². The molecule has 0 fully saturated rings. The number of aliphatic hydroxyl groups is 1. The van der Waals surface area contributed by atoms with Crippen molar-refractivity contribution in [3.8, 4) is 0 Å². The molecule has 7 heteroatoms. The lowest BCUT2D eigenvalue weighted by Crippen LogP contribution is -2.45. The highest BCUT2D eigenvalue weighted by Gasteiger charge is 2.34. The van der Waals surface area contributed by atoms with Crippen molar-refractivity contribution in [1.82, 2.24) is 4.31 Å². The van der Waals surface area contributed by atoms with Crippen LogP contribution >= 0.6 is 0 Å². The number of sulfonamides is 1. The number of aliphatic carboxylic acids is 1. The SMILES string of the molecule is CC(C)N(CCCO)S(=O)(=O)C(C)C(=O)O. The zero-order valence-electron chi connectivity index (χ0n) is 9.75. The van der Waals surface area contributed by atoms with E-state index in [0.717, 1.165) is 11.2 Å². The molecular weight excluding hydrogens is 234 g/mol. The highest BCUT2D eigenvalue weighted by atomic mass is 32.2. The van der Waals surface area contributed by atoms with Gasteiger partial charge in [0, 0.05) is 19.2 Å². The van der Waals surface area contributed by atoms with Crippen LogP contribution in [0.1, 0.15) is 27.2 Å². The third-order valence-electron chi connectivity index (χ3n) is 2.23. The molecule has 0 rings (SSSR count). The Kier molecular flexibility index (Phi) is 5.91. The van der Waals surface area contributed by atoms with Crippen molar-refractivity contribution in [2.24, 2.45) is 0 Å². The van der Waals surface area contributed by atoms with Crippen molar-refractivity contribution in [2.45, 2.75) is 38.5 Å². The lowest BCUT2D eigenvalue weighted by atomic mass is 10.3. The van der Waals surface area contributed by atoms with Crippen molar-refractivity contribution in [3.05, 3.63) is 0 Å². The van der Waals surface area contributed by atoms with E-state index in [0.29, 0.717) is 6.42 Å². The lowest BCUT2D eigenvalue weighted by Gasteiger charge is -2.27. The average Bonchev–Trinajstić information content (AvgIpc) is 2.16. The van der Waals surface area contributed by atoms with Crippen LogP contribution in [0, 0.1) is 0 Å². The van der Waals surface area contributed by atoms with E-state index < -0.39 is 21.2 Å². The summed E-state index contributed by atoms with van der Waals surface area (Å²) < 4.78 is 24.9. The molecule has 0 aromatic heterocycles. The Hall–Kier alpha value is -0.660. The molecule has 0 bridgehead atoms. The maximum Gasteiger partial charge on any atom is 0.323 e. The number of aliphatic hydroxyl groups excluding tert-OH is 1. The first-order valence-electron chi connectivity index (χ1n) is 5.09. The molecule has 0 saturated carbocycles. The summed E-state index contributed by atoms with van der Waals surface area (Å²) in [5.74, 6) is -1.37. The summed E-state index contributed by atoms with van der Waals surface area (Å²) >= 11 is 0. The van der Waals surface area contributed by atoms with Gasteiger partial charge in [-0.3, -0.25) is 4.79 Å². The van der Waals surface area contributed by atoms with Gasteiger partial charge in [-0.25, -0.2) is 8.42 Å². The number of carboxylic acid groups (broad SMARTS) is 1. The predicted molar refractivity (Wildman–Crippen MR) is 59.6 cm³/mol. The predicted octanol–water partition coefficient (Wildman–Crippen LogP) is -0.118. The van der Waals surface area contributed by atoms with E-state index in [1.54, 1.807) is 13.8 Å². The summed E-state index contributed by atoms with van der Waals surface area (Å²) in [6.07, 6.45) is 0.295. The molecule has 0 aliphatic carbocycles. The monoisotopic (exact) mass is 253 g/mol. The second kappa shape index (κ2) is 6.17. The molecule has 16 heavy (non-hydrogen) atoms. The van der Waals surface area contributed by atoms with E-state index in [1.807, 2.05) is 0 Å². The Morgan fingerprint density at radius 3 is 2.12 bits per heavy atom. The van der Waals surface area contributed by atoms with Crippen LogP contribution < -0.4 is 0 Å². The Bertz CT molecular complexity index is 325. The third kappa shape index (κ3) is 3.73. The lowest BCUT2D eigenvalue weighted by molar-refractivity contribution is -0.136. The first-order valence-corrected chi connectivity index (χ1v) is 6.59. The first-order chi connectivity index (χ1) is 7.25. The number of hydrogen-bond acceptors (Lipinski definition) is 4. The third-order valence-corrected chi connectivity index (χ3v) is 4.59. The summed E-state index contributed by atoms with van der Waals surface area (Å²) in [6, 6.07) is -0.321.